The Morgan fingerprint density at radius 3 is 2.11 bits per heavy atom. The summed E-state index contributed by atoms with van der Waals surface area (Å²) in [5, 5.41) is 0. The topological polar surface area (TPSA) is 0 Å². The quantitative estimate of drug-likeness (QED) is 0.470. The molecule has 0 amide bonds. The Morgan fingerprint density at radius 2 is 2.11 bits per heavy atom. The van der Waals surface area contributed by atoms with Crippen LogP contribution in [0.25, 0.3) is 0 Å². The fraction of sp³-hybridized carbons (Fsp3) is 1.00. The number of rotatable bonds is 0. The third-order valence-electron chi connectivity index (χ3n) is 3.17. The molecule has 52 valence electrons. The molecule has 2 saturated carbocycles. The molecule has 0 aliphatic heterocycles. The molecule has 0 radical (unpaired) electrons. The predicted molar refractivity (Wildman–Crippen MR) is 35.0 cm³/mol. The van der Waals surface area contributed by atoms with Crippen LogP contribution in [0.2, 0.25) is 0 Å². The summed E-state index contributed by atoms with van der Waals surface area (Å²) in [7, 11) is 0. The van der Waals surface area contributed by atoms with Crippen molar-refractivity contribution in [3.63, 3.8) is 0 Å². The molecule has 0 bridgehead atoms. The molecule has 0 aromatic carbocycles. The fourth-order valence-corrected chi connectivity index (χ4v) is 2.65. The van der Waals surface area contributed by atoms with Crippen LogP contribution < -0.4 is 0 Å². The summed E-state index contributed by atoms with van der Waals surface area (Å²) in [6.07, 6.45) is 2.77. The SMILES string of the molecule is CC1(C)C[C@]2(F)CCC12. The highest BCUT2D eigenvalue weighted by molar-refractivity contribution is 5.14. The molecule has 2 aliphatic rings. The van der Waals surface area contributed by atoms with E-state index in [0.29, 0.717) is 11.3 Å². The molecule has 0 saturated heterocycles. The van der Waals surface area contributed by atoms with E-state index < -0.39 is 5.67 Å². The summed E-state index contributed by atoms with van der Waals surface area (Å²) in [4.78, 5) is 0. The highest BCUT2D eigenvalue weighted by Gasteiger charge is 2.64. The highest BCUT2D eigenvalue weighted by atomic mass is 19.1. The average molecular weight is 128 g/mol. The first-order chi connectivity index (χ1) is 4.05. The summed E-state index contributed by atoms with van der Waals surface area (Å²) in [6, 6.07) is 0. The fourth-order valence-electron chi connectivity index (χ4n) is 2.65. The van der Waals surface area contributed by atoms with E-state index >= 15 is 0 Å². The van der Waals surface area contributed by atoms with Crippen LogP contribution in [0.15, 0.2) is 0 Å². The van der Waals surface area contributed by atoms with Gasteiger partial charge >= 0.3 is 0 Å². The Morgan fingerprint density at radius 1 is 1.44 bits per heavy atom. The summed E-state index contributed by atoms with van der Waals surface area (Å²) in [5.74, 6) is 0.407. The van der Waals surface area contributed by atoms with Gasteiger partial charge < -0.3 is 0 Å². The van der Waals surface area contributed by atoms with Gasteiger partial charge in [0.25, 0.3) is 0 Å². The van der Waals surface area contributed by atoms with Gasteiger partial charge in [-0.2, -0.15) is 0 Å². The number of hydrogen-bond donors (Lipinski definition) is 0. The van der Waals surface area contributed by atoms with E-state index in [1.165, 1.54) is 0 Å². The summed E-state index contributed by atoms with van der Waals surface area (Å²) >= 11 is 0. The summed E-state index contributed by atoms with van der Waals surface area (Å²) in [6.45, 7) is 4.35. The molecule has 2 rings (SSSR count). The standard InChI is InChI=1S/C8H13F/c1-7(2)5-8(9)4-3-6(7)8/h6H,3-5H2,1-2H3/t6?,8-/m1/s1. The second kappa shape index (κ2) is 1.18. The van der Waals surface area contributed by atoms with E-state index in [9.17, 15) is 4.39 Å². The van der Waals surface area contributed by atoms with Gasteiger partial charge in [-0.1, -0.05) is 13.8 Å². The van der Waals surface area contributed by atoms with Crippen molar-refractivity contribution in [1.29, 1.82) is 0 Å². The van der Waals surface area contributed by atoms with Gasteiger partial charge in [0.2, 0.25) is 0 Å². The van der Waals surface area contributed by atoms with Crippen molar-refractivity contribution in [3.8, 4) is 0 Å². The largest absolute Gasteiger partial charge is 0.244 e. The molecule has 0 N–H and O–H groups in total. The first kappa shape index (κ1) is 5.70. The molecular formula is C8H13F. The molecule has 1 unspecified atom stereocenters. The van der Waals surface area contributed by atoms with Gasteiger partial charge in [-0.3, -0.25) is 0 Å². The second-order valence-electron chi connectivity index (χ2n) is 4.29. The van der Waals surface area contributed by atoms with Gasteiger partial charge in [-0.05, 0) is 30.6 Å². The predicted octanol–water partition coefficient (Wildman–Crippen LogP) is 2.53. The lowest BCUT2D eigenvalue weighted by Crippen LogP contribution is -2.62. The third-order valence-corrected chi connectivity index (χ3v) is 3.17. The van der Waals surface area contributed by atoms with Crippen LogP contribution in [-0.4, -0.2) is 5.67 Å². The molecule has 0 aromatic heterocycles. The average Bonchev–Trinajstić information content (AvgIpc) is 1.60. The molecule has 0 heterocycles. The van der Waals surface area contributed by atoms with Gasteiger partial charge in [0.05, 0.1) is 0 Å². The third kappa shape index (κ3) is 0.487. The van der Waals surface area contributed by atoms with Crippen LogP contribution in [0.4, 0.5) is 4.39 Å². The van der Waals surface area contributed by atoms with Crippen molar-refractivity contribution in [2.75, 3.05) is 0 Å². The van der Waals surface area contributed by atoms with Crippen molar-refractivity contribution in [3.05, 3.63) is 0 Å². The first-order valence-electron chi connectivity index (χ1n) is 3.74. The van der Waals surface area contributed by atoms with Crippen LogP contribution in [-0.2, 0) is 0 Å². The van der Waals surface area contributed by atoms with Crippen LogP contribution in [0.3, 0.4) is 0 Å². The molecule has 0 nitrogen and oxygen atoms in total. The molecule has 2 aliphatic carbocycles. The Balaban J connectivity index is 2.14. The number of fused-ring (bicyclic) bond motifs is 1. The van der Waals surface area contributed by atoms with Crippen LogP contribution in [0.5, 0.6) is 0 Å². The number of hydrogen-bond acceptors (Lipinski definition) is 0. The Hall–Kier alpha value is -0.0700. The maximum Gasteiger partial charge on any atom is 0.114 e. The van der Waals surface area contributed by atoms with Crippen LogP contribution in [0.1, 0.15) is 33.1 Å². The van der Waals surface area contributed by atoms with Crippen molar-refractivity contribution in [2.24, 2.45) is 11.3 Å². The van der Waals surface area contributed by atoms with Gasteiger partial charge in [-0.15, -0.1) is 0 Å². The van der Waals surface area contributed by atoms with Gasteiger partial charge in [0.1, 0.15) is 5.67 Å². The lowest BCUT2D eigenvalue weighted by molar-refractivity contribution is -0.196. The lowest BCUT2D eigenvalue weighted by atomic mass is 9.44. The number of halogens is 1. The van der Waals surface area contributed by atoms with E-state index in [1.54, 1.807) is 0 Å². The van der Waals surface area contributed by atoms with E-state index in [0.717, 1.165) is 19.3 Å². The van der Waals surface area contributed by atoms with Gasteiger partial charge in [-0.25, -0.2) is 4.39 Å². The van der Waals surface area contributed by atoms with Gasteiger partial charge in [0, 0.05) is 0 Å². The Labute approximate surface area is 55.4 Å². The normalized spacial score (nSPS) is 53.0. The molecule has 2 fully saturated rings. The minimum Gasteiger partial charge on any atom is -0.244 e. The molecule has 2 atom stereocenters. The van der Waals surface area contributed by atoms with E-state index in [-0.39, 0.29) is 0 Å². The smallest absolute Gasteiger partial charge is 0.114 e. The lowest BCUT2D eigenvalue weighted by Gasteiger charge is -2.63. The van der Waals surface area contributed by atoms with Crippen molar-refractivity contribution < 1.29 is 4.39 Å². The van der Waals surface area contributed by atoms with Crippen LogP contribution >= 0.6 is 0 Å². The molecular weight excluding hydrogens is 115 g/mol. The Kier molecular flexibility index (Phi) is 0.750. The Bertz CT molecular complexity index is 141. The summed E-state index contributed by atoms with van der Waals surface area (Å²) < 4.78 is 13.2. The van der Waals surface area contributed by atoms with Crippen LogP contribution in [0, 0.1) is 11.3 Å². The van der Waals surface area contributed by atoms with E-state index in [2.05, 4.69) is 13.8 Å². The van der Waals surface area contributed by atoms with E-state index in [4.69, 9.17) is 0 Å². The zero-order valence-electron chi connectivity index (χ0n) is 6.08. The number of alkyl halides is 1. The van der Waals surface area contributed by atoms with Gasteiger partial charge in [0.15, 0.2) is 0 Å². The second-order valence-corrected chi connectivity index (χ2v) is 4.29. The molecule has 0 aromatic rings. The molecule has 9 heavy (non-hydrogen) atoms. The maximum atomic E-state index is 13.2. The minimum atomic E-state index is -0.705. The maximum absolute atomic E-state index is 13.2. The molecule has 0 spiro atoms. The zero-order chi connectivity index (χ0) is 6.70. The van der Waals surface area contributed by atoms with E-state index in [1.807, 2.05) is 0 Å². The monoisotopic (exact) mass is 128 g/mol. The van der Waals surface area contributed by atoms with Crippen molar-refractivity contribution in [1.82, 2.24) is 0 Å². The van der Waals surface area contributed by atoms with Crippen molar-refractivity contribution in [2.45, 2.75) is 38.8 Å². The highest BCUT2D eigenvalue weighted by Crippen LogP contribution is 2.66. The zero-order valence-corrected chi connectivity index (χ0v) is 6.08. The van der Waals surface area contributed by atoms with Crippen molar-refractivity contribution >= 4 is 0 Å². The first-order valence-corrected chi connectivity index (χ1v) is 3.74. The molecule has 1 heteroatoms. The summed E-state index contributed by atoms with van der Waals surface area (Å²) in [5.41, 5.74) is -0.378. The minimum absolute atomic E-state index is 0.326.